The lowest BCUT2D eigenvalue weighted by atomic mass is 10.3. The maximum absolute atomic E-state index is 12.9. The maximum Gasteiger partial charge on any atom is 0.309 e. The van der Waals surface area contributed by atoms with Crippen LogP contribution in [0.1, 0.15) is 11.3 Å². The smallest absolute Gasteiger partial charge is 0.309 e. The van der Waals surface area contributed by atoms with Gasteiger partial charge in [-0.15, -0.1) is 11.3 Å². The highest BCUT2D eigenvalue weighted by Crippen LogP contribution is 2.26. The van der Waals surface area contributed by atoms with E-state index in [4.69, 9.17) is 5.11 Å². The minimum Gasteiger partial charge on any atom is -0.481 e. The normalized spacial score (nSPS) is 10.5. The van der Waals surface area contributed by atoms with E-state index in [1.165, 1.54) is 29.2 Å². The molecule has 4 nitrogen and oxygen atoms in total. The zero-order chi connectivity index (χ0) is 13.0. The van der Waals surface area contributed by atoms with Gasteiger partial charge in [0.2, 0.25) is 0 Å². The predicted molar refractivity (Wildman–Crippen MR) is 67.2 cm³/mol. The summed E-state index contributed by atoms with van der Waals surface area (Å²) in [5.41, 5.74) is 1.32. The molecule has 0 bridgehead atoms. The van der Waals surface area contributed by atoms with E-state index in [0.717, 1.165) is 16.1 Å². The molecule has 0 fully saturated rings. The molecule has 0 radical (unpaired) electrons. The summed E-state index contributed by atoms with van der Waals surface area (Å²) in [5.74, 6) is -0.699. The van der Waals surface area contributed by atoms with Crippen LogP contribution in [0.15, 0.2) is 28.2 Å². The van der Waals surface area contributed by atoms with Gasteiger partial charge < -0.3 is 5.11 Å². The third-order valence-corrected chi connectivity index (χ3v) is 4.13. The van der Waals surface area contributed by atoms with Gasteiger partial charge in [-0.1, -0.05) is 11.8 Å². The molecule has 0 aromatic carbocycles. The Kier molecular flexibility index (Phi) is 4.27. The molecule has 0 spiro atoms. The first-order valence-corrected chi connectivity index (χ1v) is 6.88. The van der Waals surface area contributed by atoms with E-state index in [1.54, 1.807) is 11.6 Å². The Labute approximate surface area is 111 Å². The molecule has 2 heterocycles. The summed E-state index contributed by atoms with van der Waals surface area (Å²) in [6.45, 7) is 0. The summed E-state index contributed by atoms with van der Waals surface area (Å²) in [6, 6.07) is 1.42. The number of halogens is 1. The Balaban J connectivity index is 1.94. The van der Waals surface area contributed by atoms with Crippen LogP contribution in [-0.4, -0.2) is 21.0 Å². The number of thioether (sulfide) groups is 1. The molecule has 0 aliphatic carbocycles. The lowest BCUT2D eigenvalue weighted by Gasteiger charge is -1.98. The van der Waals surface area contributed by atoms with E-state index in [1.807, 2.05) is 0 Å². The van der Waals surface area contributed by atoms with Gasteiger partial charge in [0.05, 0.1) is 18.3 Å². The van der Waals surface area contributed by atoms with Gasteiger partial charge in [0, 0.05) is 17.3 Å². The summed E-state index contributed by atoms with van der Waals surface area (Å²) < 4.78 is 13.7. The summed E-state index contributed by atoms with van der Waals surface area (Å²) >= 11 is 2.83. The quantitative estimate of drug-likeness (QED) is 0.855. The molecule has 2 aromatic rings. The lowest BCUT2D eigenvalue weighted by Crippen LogP contribution is -1.99. The maximum atomic E-state index is 12.9. The van der Waals surface area contributed by atoms with Crippen LogP contribution in [0.4, 0.5) is 4.39 Å². The van der Waals surface area contributed by atoms with Crippen molar-refractivity contribution in [1.82, 2.24) is 9.97 Å². The fourth-order valence-electron chi connectivity index (χ4n) is 1.27. The summed E-state index contributed by atoms with van der Waals surface area (Å²) in [4.78, 5) is 18.4. The lowest BCUT2D eigenvalue weighted by molar-refractivity contribution is -0.136. The number of aliphatic carboxylic acids is 1. The number of aromatic nitrogens is 2. The van der Waals surface area contributed by atoms with E-state index in [0.29, 0.717) is 11.4 Å². The van der Waals surface area contributed by atoms with Crippen molar-refractivity contribution in [3.8, 4) is 0 Å². The van der Waals surface area contributed by atoms with Crippen molar-refractivity contribution in [3.05, 3.63) is 40.9 Å². The standard InChI is InChI=1S/C11H9FN2O2S2/c12-8-1-7(3-13-4-8)5-17-11-14-9(6-18-11)2-10(15)16/h1,3-4,6H,2,5H2,(H,15,16). The van der Waals surface area contributed by atoms with Crippen LogP contribution in [0.5, 0.6) is 0 Å². The molecule has 7 heteroatoms. The summed E-state index contributed by atoms with van der Waals surface area (Å²) in [5, 5.41) is 10.3. The molecule has 0 amide bonds. The van der Waals surface area contributed by atoms with Crippen molar-refractivity contribution < 1.29 is 14.3 Å². The molecule has 18 heavy (non-hydrogen) atoms. The molecule has 94 valence electrons. The van der Waals surface area contributed by atoms with Crippen LogP contribution < -0.4 is 0 Å². The fourth-order valence-corrected chi connectivity index (χ4v) is 3.04. The fraction of sp³-hybridized carbons (Fsp3) is 0.182. The molecule has 0 saturated heterocycles. The Bertz CT molecular complexity index is 559. The van der Waals surface area contributed by atoms with Gasteiger partial charge in [0.25, 0.3) is 0 Å². The van der Waals surface area contributed by atoms with Crippen molar-refractivity contribution >= 4 is 29.1 Å². The van der Waals surface area contributed by atoms with Crippen molar-refractivity contribution in [2.45, 2.75) is 16.5 Å². The number of hydrogen-bond donors (Lipinski definition) is 1. The molecule has 0 saturated carbocycles. The molecule has 0 unspecified atom stereocenters. The molecule has 2 rings (SSSR count). The van der Waals surface area contributed by atoms with Gasteiger partial charge >= 0.3 is 5.97 Å². The Morgan fingerprint density at radius 1 is 1.50 bits per heavy atom. The number of thiazole rings is 1. The third-order valence-electron chi connectivity index (χ3n) is 1.99. The summed E-state index contributed by atoms with van der Waals surface area (Å²) in [6.07, 6.45) is 2.68. The van der Waals surface area contributed by atoms with E-state index >= 15 is 0 Å². The molecular weight excluding hydrogens is 275 g/mol. The van der Waals surface area contributed by atoms with E-state index in [9.17, 15) is 9.18 Å². The first kappa shape index (κ1) is 13.0. The largest absolute Gasteiger partial charge is 0.481 e. The first-order valence-electron chi connectivity index (χ1n) is 5.02. The predicted octanol–water partition coefficient (Wildman–Crippen LogP) is 2.60. The van der Waals surface area contributed by atoms with Crippen LogP contribution in [0.2, 0.25) is 0 Å². The van der Waals surface area contributed by atoms with Crippen molar-refractivity contribution in [2.75, 3.05) is 0 Å². The number of nitrogens with zero attached hydrogens (tertiary/aromatic N) is 2. The van der Waals surface area contributed by atoms with Gasteiger partial charge in [-0.05, 0) is 11.6 Å². The van der Waals surface area contributed by atoms with Gasteiger partial charge in [-0.25, -0.2) is 9.37 Å². The van der Waals surface area contributed by atoms with Crippen LogP contribution in [0.25, 0.3) is 0 Å². The highest BCUT2D eigenvalue weighted by atomic mass is 32.2. The molecule has 0 aliphatic heterocycles. The molecular formula is C11H9FN2O2S2. The van der Waals surface area contributed by atoms with Crippen molar-refractivity contribution in [3.63, 3.8) is 0 Å². The Hall–Kier alpha value is -1.47. The SMILES string of the molecule is O=C(O)Cc1csc(SCc2cncc(F)c2)n1. The number of carboxylic acid groups (broad SMARTS) is 1. The number of rotatable bonds is 5. The topological polar surface area (TPSA) is 63.1 Å². The zero-order valence-corrected chi connectivity index (χ0v) is 10.8. The first-order chi connectivity index (χ1) is 8.63. The van der Waals surface area contributed by atoms with Gasteiger partial charge in [-0.3, -0.25) is 9.78 Å². The van der Waals surface area contributed by atoms with Gasteiger partial charge in [-0.2, -0.15) is 0 Å². The second-order valence-corrected chi connectivity index (χ2v) is 5.56. The van der Waals surface area contributed by atoms with Crippen molar-refractivity contribution in [2.24, 2.45) is 0 Å². The highest BCUT2D eigenvalue weighted by molar-refractivity contribution is 8.00. The zero-order valence-electron chi connectivity index (χ0n) is 9.17. The second kappa shape index (κ2) is 5.92. The number of carboxylic acids is 1. The molecule has 0 aliphatic rings. The number of hydrogen-bond acceptors (Lipinski definition) is 5. The highest BCUT2D eigenvalue weighted by Gasteiger charge is 2.07. The minimum absolute atomic E-state index is 0.0709. The van der Waals surface area contributed by atoms with Crippen LogP contribution in [0.3, 0.4) is 0 Å². The minimum atomic E-state index is -0.897. The van der Waals surface area contributed by atoms with E-state index < -0.39 is 5.97 Å². The van der Waals surface area contributed by atoms with Crippen LogP contribution >= 0.6 is 23.1 Å². The van der Waals surface area contributed by atoms with Gasteiger partial charge in [0.1, 0.15) is 10.2 Å². The van der Waals surface area contributed by atoms with Crippen molar-refractivity contribution in [1.29, 1.82) is 0 Å². The monoisotopic (exact) mass is 284 g/mol. The number of carbonyl (C=O) groups is 1. The Morgan fingerprint density at radius 2 is 2.33 bits per heavy atom. The average molecular weight is 284 g/mol. The van der Waals surface area contributed by atoms with E-state index in [-0.39, 0.29) is 12.2 Å². The third kappa shape index (κ3) is 3.78. The second-order valence-electron chi connectivity index (χ2n) is 3.48. The number of pyridine rings is 1. The Morgan fingerprint density at radius 3 is 3.06 bits per heavy atom. The van der Waals surface area contributed by atoms with E-state index in [2.05, 4.69) is 9.97 Å². The molecule has 2 aromatic heterocycles. The molecule has 1 N–H and O–H groups in total. The van der Waals surface area contributed by atoms with Crippen LogP contribution in [-0.2, 0) is 17.0 Å². The molecule has 0 atom stereocenters. The van der Waals surface area contributed by atoms with Crippen LogP contribution in [0, 0.1) is 5.82 Å². The van der Waals surface area contributed by atoms with Gasteiger partial charge in [0.15, 0.2) is 0 Å². The average Bonchev–Trinajstić information content (AvgIpc) is 2.73. The summed E-state index contributed by atoms with van der Waals surface area (Å²) in [7, 11) is 0.